The Morgan fingerprint density at radius 3 is 2.41 bits per heavy atom. The SMILES string of the molecule is O=C(c1ccccc1)c1nnn(C(F)(F)F)c1-c1cccs1. The van der Waals surface area contributed by atoms with Gasteiger partial charge in [-0.15, -0.1) is 34.3 Å². The lowest BCUT2D eigenvalue weighted by molar-refractivity contribution is -0.211. The molecule has 0 saturated carbocycles. The van der Waals surface area contributed by atoms with Crippen molar-refractivity contribution in [2.75, 3.05) is 0 Å². The Bertz CT molecular complexity index is 795. The number of thiophene rings is 1. The van der Waals surface area contributed by atoms with E-state index in [0.717, 1.165) is 11.3 Å². The standard InChI is InChI=1S/C14H8F3N3OS/c15-14(16,17)20-12(10-7-4-8-22-10)11(18-19-20)13(21)9-5-2-1-3-6-9/h1-8H. The summed E-state index contributed by atoms with van der Waals surface area (Å²) < 4.78 is 39.0. The topological polar surface area (TPSA) is 47.8 Å². The van der Waals surface area contributed by atoms with Gasteiger partial charge >= 0.3 is 6.30 Å². The zero-order valence-corrected chi connectivity index (χ0v) is 11.7. The third-order valence-electron chi connectivity index (χ3n) is 2.92. The van der Waals surface area contributed by atoms with Crippen molar-refractivity contribution in [1.29, 1.82) is 0 Å². The van der Waals surface area contributed by atoms with Gasteiger partial charge in [0.2, 0.25) is 5.78 Å². The molecule has 0 bridgehead atoms. The molecule has 8 heteroatoms. The molecule has 0 spiro atoms. The van der Waals surface area contributed by atoms with Crippen LogP contribution in [0.1, 0.15) is 16.1 Å². The summed E-state index contributed by atoms with van der Waals surface area (Å²) in [6.45, 7) is 0. The van der Waals surface area contributed by atoms with Crippen molar-refractivity contribution < 1.29 is 18.0 Å². The molecular weight excluding hydrogens is 315 g/mol. The van der Waals surface area contributed by atoms with Crippen LogP contribution in [0.3, 0.4) is 0 Å². The highest BCUT2D eigenvalue weighted by Gasteiger charge is 2.38. The molecule has 0 aliphatic rings. The van der Waals surface area contributed by atoms with Crippen molar-refractivity contribution in [1.82, 2.24) is 15.0 Å². The summed E-state index contributed by atoms with van der Waals surface area (Å²) in [5.74, 6) is -0.598. The number of hydrogen-bond acceptors (Lipinski definition) is 4. The number of carbonyl (C=O) groups excluding carboxylic acids is 1. The molecule has 0 radical (unpaired) electrons. The molecule has 0 atom stereocenters. The zero-order chi connectivity index (χ0) is 15.7. The van der Waals surface area contributed by atoms with E-state index in [2.05, 4.69) is 10.3 Å². The third kappa shape index (κ3) is 2.52. The molecular formula is C14H8F3N3OS. The van der Waals surface area contributed by atoms with Crippen LogP contribution < -0.4 is 0 Å². The Morgan fingerprint density at radius 2 is 1.82 bits per heavy atom. The fourth-order valence-electron chi connectivity index (χ4n) is 1.97. The average Bonchev–Trinajstić information content (AvgIpc) is 3.15. The van der Waals surface area contributed by atoms with Gasteiger partial charge in [0.05, 0.1) is 4.88 Å². The molecule has 0 aliphatic carbocycles. The van der Waals surface area contributed by atoms with Crippen molar-refractivity contribution >= 4 is 17.1 Å². The number of hydrogen-bond donors (Lipinski definition) is 0. The van der Waals surface area contributed by atoms with Crippen molar-refractivity contribution in [2.45, 2.75) is 6.30 Å². The van der Waals surface area contributed by atoms with Crippen LogP contribution in [-0.4, -0.2) is 20.8 Å². The Kier molecular flexibility index (Phi) is 3.53. The molecule has 0 amide bonds. The number of alkyl halides is 3. The number of carbonyl (C=O) groups is 1. The van der Waals surface area contributed by atoms with Gasteiger partial charge in [-0.25, -0.2) is 0 Å². The summed E-state index contributed by atoms with van der Waals surface area (Å²) >= 11 is 1.08. The number of halogens is 3. The van der Waals surface area contributed by atoms with E-state index in [-0.39, 0.29) is 26.5 Å². The van der Waals surface area contributed by atoms with Crippen LogP contribution in [0, 0.1) is 0 Å². The Hall–Kier alpha value is -2.48. The fourth-order valence-corrected chi connectivity index (χ4v) is 2.73. The first-order valence-electron chi connectivity index (χ1n) is 6.15. The molecule has 1 aromatic carbocycles. The van der Waals surface area contributed by atoms with Gasteiger partial charge < -0.3 is 0 Å². The number of benzene rings is 1. The summed E-state index contributed by atoms with van der Waals surface area (Å²) in [4.78, 5) is 12.7. The molecule has 112 valence electrons. The number of nitrogens with zero attached hydrogens (tertiary/aromatic N) is 3. The average molecular weight is 323 g/mol. The summed E-state index contributed by atoms with van der Waals surface area (Å²) in [5.41, 5.74) is -0.392. The maximum Gasteiger partial charge on any atom is 0.506 e. The fraction of sp³-hybridized carbons (Fsp3) is 0.0714. The zero-order valence-electron chi connectivity index (χ0n) is 10.9. The van der Waals surface area contributed by atoms with E-state index in [1.54, 1.807) is 29.6 Å². The normalized spacial score (nSPS) is 11.6. The number of aromatic nitrogens is 3. The van der Waals surface area contributed by atoms with Gasteiger partial charge in [-0.3, -0.25) is 4.79 Å². The molecule has 0 N–H and O–H groups in total. The molecule has 0 unspecified atom stereocenters. The van der Waals surface area contributed by atoms with Gasteiger partial charge in [0.1, 0.15) is 5.69 Å². The molecule has 3 rings (SSSR count). The Morgan fingerprint density at radius 1 is 1.09 bits per heavy atom. The van der Waals surface area contributed by atoms with E-state index >= 15 is 0 Å². The monoisotopic (exact) mass is 323 g/mol. The minimum atomic E-state index is -4.75. The minimum absolute atomic E-state index is 0.172. The van der Waals surface area contributed by atoms with E-state index in [4.69, 9.17) is 0 Å². The van der Waals surface area contributed by atoms with Gasteiger partial charge in [-0.1, -0.05) is 41.6 Å². The lowest BCUT2D eigenvalue weighted by atomic mass is 10.1. The van der Waals surface area contributed by atoms with Gasteiger partial charge in [-0.2, -0.15) is 0 Å². The molecule has 3 aromatic rings. The summed E-state index contributed by atoms with van der Waals surface area (Å²) in [7, 11) is 0. The van der Waals surface area contributed by atoms with Gasteiger partial charge in [0.15, 0.2) is 5.69 Å². The second-order valence-corrected chi connectivity index (χ2v) is 5.29. The molecule has 2 aromatic heterocycles. The first-order valence-corrected chi connectivity index (χ1v) is 7.03. The smallest absolute Gasteiger partial charge is 0.287 e. The van der Waals surface area contributed by atoms with E-state index in [1.165, 1.54) is 18.2 Å². The lowest BCUT2D eigenvalue weighted by Crippen LogP contribution is -2.19. The first-order chi connectivity index (χ1) is 10.5. The Balaban J connectivity index is 2.17. The van der Waals surface area contributed by atoms with Crippen molar-refractivity contribution in [3.05, 3.63) is 59.1 Å². The summed E-state index contributed by atoms with van der Waals surface area (Å²) in [5, 5.41) is 8.21. The van der Waals surface area contributed by atoms with E-state index in [1.807, 2.05) is 0 Å². The Labute approximate surface area is 126 Å². The van der Waals surface area contributed by atoms with Crippen LogP contribution in [-0.2, 0) is 6.30 Å². The molecule has 0 fully saturated rings. The second kappa shape index (κ2) is 5.38. The number of ketones is 1. The summed E-state index contributed by atoms with van der Waals surface area (Å²) in [6.07, 6.45) is -4.75. The van der Waals surface area contributed by atoms with Gasteiger partial charge in [0, 0.05) is 5.56 Å². The van der Waals surface area contributed by atoms with Crippen LogP contribution in [0.2, 0.25) is 0 Å². The largest absolute Gasteiger partial charge is 0.506 e. The van der Waals surface area contributed by atoms with Crippen LogP contribution in [0.25, 0.3) is 10.6 Å². The maximum atomic E-state index is 13.1. The van der Waals surface area contributed by atoms with Crippen LogP contribution in [0.15, 0.2) is 47.8 Å². The molecule has 4 nitrogen and oxygen atoms in total. The lowest BCUT2D eigenvalue weighted by Gasteiger charge is -2.09. The van der Waals surface area contributed by atoms with Crippen molar-refractivity contribution in [3.63, 3.8) is 0 Å². The number of rotatable bonds is 3. The van der Waals surface area contributed by atoms with Crippen LogP contribution in [0.5, 0.6) is 0 Å². The van der Waals surface area contributed by atoms with Crippen LogP contribution in [0.4, 0.5) is 13.2 Å². The highest BCUT2D eigenvalue weighted by molar-refractivity contribution is 7.13. The van der Waals surface area contributed by atoms with Crippen molar-refractivity contribution in [3.8, 4) is 10.6 Å². The maximum absolute atomic E-state index is 13.1. The van der Waals surface area contributed by atoms with Crippen LogP contribution >= 0.6 is 11.3 Å². The predicted octanol–water partition coefficient (Wildman–Crippen LogP) is 3.71. The van der Waals surface area contributed by atoms with Crippen molar-refractivity contribution in [2.24, 2.45) is 0 Å². The highest BCUT2D eigenvalue weighted by atomic mass is 32.1. The third-order valence-corrected chi connectivity index (χ3v) is 3.79. The predicted molar refractivity (Wildman–Crippen MR) is 74.5 cm³/mol. The van der Waals surface area contributed by atoms with Gasteiger partial charge in [0.25, 0.3) is 0 Å². The highest BCUT2D eigenvalue weighted by Crippen LogP contribution is 2.34. The molecule has 0 saturated heterocycles. The second-order valence-electron chi connectivity index (χ2n) is 4.34. The van der Waals surface area contributed by atoms with E-state index < -0.39 is 12.1 Å². The summed E-state index contributed by atoms with van der Waals surface area (Å²) in [6, 6.07) is 11.1. The van der Waals surface area contributed by atoms with E-state index in [0.29, 0.717) is 0 Å². The van der Waals surface area contributed by atoms with Gasteiger partial charge in [-0.05, 0) is 11.4 Å². The first kappa shape index (κ1) is 14.5. The van der Waals surface area contributed by atoms with E-state index in [9.17, 15) is 18.0 Å². The molecule has 22 heavy (non-hydrogen) atoms. The minimum Gasteiger partial charge on any atom is -0.287 e. The molecule has 0 aliphatic heterocycles. The molecule has 2 heterocycles. The quantitative estimate of drug-likeness (QED) is 0.690.